The molecule has 102 valence electrons. The summed E-state index contributed by atoms with van der Waals surface area (Å²) in [4.78, 5) is 0. The van der Waals surface area contributed by atoms with Crippen molar-refractivity contribution in [2.45, 2.75) is 40.4 Å². The largest absolute Gasteiger partial charge is 0.384 e. The fourth-order valence-corrected chi connectivity index (χ4v) is 1.99. The van der Waals surface area contributed by atoms with Crippen LogP contribution in [0.4, 0.5) is 5.69 Å². The molecule has 3 heteroatoms. The standard InChI is InChI=1S/C15H25NO2/c1-5-17-14(18-6-2)10-11-16-15-12(3)8-7-9-13(15)4/h7-9,14,16H,5-6,10-11H2,1-4H3. The fourth-order valence-electron chi connectivity index (χ4n) is 1.99. The molecule has 1 aromatic carbocycles. The first-order valence-electron chi connectivity index (χ1n) is 6.72. The summed E-state index contributed by atoms with van der Waals surface area (Å²) in [6.07, 6.45) is 0.756. The van der Waals surface area contributed by atoms with Gasteiger partial charge in [-0.15, -0.1) is 0 Å². The number of ether oxygens (including phenoxy) is 2. The van der Waals surface area contributed by atoms with Gasteiger partial charge in [-0.3, -0.25) is 0 Å². The van der Waals surface area contributed by atoms with Crippen LogP contribution in [0.5, 0.6) is 0 Å². The molecule has 1 N–H and O–H groups in total. The molecule has 1 aromatic rings. The Hall–Kier alpha value is -1.06. The fraction of sp³-hybridized carbons (Fsp3) is 0.600. The topological polar surface area (TPSA) is 30.5 Å². The normalized spacial score (nSPS) is 10.9. The summed E-state index contributed by atoms with van der Waals surface area (Å²) in [6, 6.07) is 6.33. The summed E-state index contributed by atoms with van der Waals surface area (Å²) < 4.78 is 11.0. The van der Waals surface area contributed by atoms with Crippen molar-refractivity contribution in [2.75, 3.05) is 25.1 Å². The summed E-state index contributed by atoms with van der Waals surface area (Å²) in [5.74, 6) is 0. The van der Waals surface area contributed by atoms with Gasteiger partial charge in [0.15, 0.2) is 6.29 Å². The van der Waals surface area contributed by atoms with Crippen LogP contribution in [0, 0.1) is 13.8 Å². The van der Waals surface area contributed by atoms with Gasteiger partial charge in [-0.1, -0.05) is 18.2 Å². The molecule has 1 rings (SSSR count). The number of anilines is 1. The Balaban J connectivity index is 2.44. The van der Waals surface area contributed by atoms with Crippen molar-refractivity contribution in [3.8, 4) is 0 Å². The minimum atomic E-state index is -0.100. The molecule has 0 saturated heterocycles. The molecule has 18 heavy (non-hydrogen) atoms. The first kappa shape index (κ1) is 15.0. The van der Waals surface area contributed by atoms with Gasteiger partial charge in [-0.2, -0.15) is 0 Å². The van der Waals surface area contributed by atoms with Crippen LogP contribution in [0.3, 0.4) is 0 Å². The maximum absolute atomic E-state index is 5.52. The maximum Gasteiger partial charge on any atom is 0.159 e. The second-order valence-corrected chi connectivity index (χ2v) is 4.32. The van der Waals surface area contributed by atoms with Crippen LogP contribution in [-0.2, 0) is 9.47 Å². The third kappa shape index (κ3) is 4.67. The Kier molecular flexibility index (Phi) is 6.76. The second kappa shape index (κ2) is 8.11. The average Bonchev–Trinajstić information content (AvgIpc) is 2.33. The molecule has 0 bridgehead atoms. The number of para-hydroxylation sites is 1. The van der Waals surface area contributed by atoms with E-state index in [0.717, 1.165) is 13.0 Å². The van der Waals surface area contributed by atoms with Crippen LogP contribution < -0.4 is 5.32 Å². The van der Waals surface area contributed by atoms with E-state index in [9.17, 15) is 0 Å². The molecule has 0 amide bonds. The van der Waals surface area contributed by atoms with Gasteiger partial charge in [-0.05, 0) is 38.8 Å². The van der Waals surface area contributed by atoms with Gasteiger partial charge in [0.2, 0.25) is 0 Å². The number of benzene rings is 1. The third-order valence-electron chi connectivity index (χ3n) is 2.87. The number of nitrogens with one attached hydrogen (secondary N) is 1. The smallest absolute Gasteiger partial charge is 0.159 e. The van der Waals surface area contributed by atoms with Crippen LogP contribution in [0.15, 0.2) is 18.2 Å². The predicted molar refractivity (Wildman–Crippen MR) is 76.1 cm³/mol. The Bertz CT molecular complexity index is 326. The van der Waals surface area contributed by atoms with E-state index in [1.54, 1.807) is 0 Å². The van der Waals surface area contributed by atoms with Crippen molar-refractivity contribution in [1.82, 2.24) is 0 Å². The molecule has 0 heterocycles. The molecule has 3 nitrogen and oxygen atoms in total. The van der Waals surface area contributed by atoms with Gasteiger partial charge in [-0.25, -0.2) is 0 Å². The molecule has 0 spiro atoms. The first-order valence-corrected chi connectivity index (χ1v) is 6.72. The molecule has 0 unspecified atom stereocenters. The van der Waals surface area contributed by atoms with E-state index in [2.05, 4.69) is 37.4 Å². The number of aryl methyl sites for hydroxylation is 2. The third-order valence-corrected chi connectivity index (χ3v) is 2.87. The number of rotatable bonds is 8. The van der Waals surface area contributed by atoms with Crippen molar-refractivity contribution in [2.24, 2.45) is 0 Å². The van der Waals surface area contributed by atoms with E-state index in [1.807, 2.05) is 13.8 Å². The van der Waals surface area contributed by atoms with Crippen LogP contribution >= 0.6 is 0 Å². The van der Waals surface area contributed by atoms with E-state index in [1.165, 1.54) is 16.8 Å². The highest BCUT2D eigenvalue weighted by Gasteiger charge is 2.08. The van der Waals surface area contributed by atoms with Crippen LogP contribution in [-0.4, -0.2) is 26.0 Å². The molecular formula is C15H25NO2. The highest BCUT2D eigenvalue weighted by atomic mass is 16.7. The van der Waals surface area contributed by atoms with Crippen molar-refractivity contribution in [3.63, 3.8) is 0 Å². The average molecular weight is 251 g/mol. The van der Waals surface area contributed by atoms with Crippen LogP contribution in [0.2, 0.25) is 0 Å². The molecule has 0 fully saturated rings. The highest BCUT2D eigenvalue weighted by Crippen LogP contribution is 2.19. The Morgan fingerprint density at radius 2 is 1.61 bits per heavy atom. The zero-order valence-corrected chi connectivity index (χ0v) is 12.0. The Morgan fingerprint density at radius 3 is 2.11 bits per heavy atom. The van der Waals surface area contributed by atoms with Crippen molar-refractivity contribution >= 4 is 5.69 Å². The zero-order chi connectivity index (χ0) is 13.4. The quantitative estimate of drug-likeness (QED) is 0.717. The number of hydrogen-bond donors (Lipinski definition) is 1. The highest BCUT2D eigenvalue weighted by molar-refractivity contribution is 5.56. The summed E-state index contributed by atoms with van der Waals surface area (Å²) in [5, 5.41) is 3.47. The molecule has 0 aliphatic carbocycles. The second-order valence-electron chi connectivity index (χ2n) is 4.32. The first-order chi connectivity index (χ1) is 8.69. The summed E-state index contributed by atoms with van der Waals surface area (Å²) >= 11 is 0. The molecule has 0 aliphatic rings. The van der Waals surface area contributed by atoms with Gasteiger partial charge in [0, 0.05) is 31.9 Å². The SMILES string of the molecule is CCOC(CCNc1c(C)cccc1C)OCC. The lowest BCUT2D eigenvalue weighted by Gasteiger charge is -2.18. The van der Waals surface area contributed by atoms with Gasteiger partial charge in [0.05, 0.1) is 0 Å². The van der Waals surface area contributed by atoms with E-state index in [0.29, 0.717) is 13.2 Å². The van der Waals surface area contributed by atoms with E-state index < -0.39 is 0 Å². The molecule has 0 aromatic heterocycles. The minimum absolute atomic E-state index is 0.100. The summed E-state index contributed by atoms with van der Waals surface area (Å²) in [5.41, 5.74) is 3.78. The molecular weight excluding hydrogens is 226 g/mol. The van der Waals surface area contributed by atoms with Gasteiger partial charge >= 0.3 is 0 Å². The van der Waals surface area contributed by atoms with Gasteiger partial charge in [0.25, 0.3) is 0 Å². The minimum Gasteiger partial charge on any atom is -0.384 e. The molecule has 0 saturated carbocycles. The number of hydrogen-bond acceptors (Lipinski definition) is 3. The van der Waals surface area contributed by atoms with Gasteiger partial charge < -0.3 is 14.8 Å². The predicted octanol–water partition coefficient (Wildman–Crippen LogP) is 3.50. The van der Waals surface area contributed by atoms with E-state index in [-0.39, 0.29) is 6.29 Å². The monoisotopic (exact) mass is 251 g/mol. The molecule has 0 atom stereocenters. The summed E-state index contributed by atoms with van der Waals surface area (Å²) in [7, 11) is 0. The van der Waals surface area contributed by atoms with Crippen LogP contribution in [0.1, 0.15) is 31.4 Å². The van der Waals surface area contributed by atoms with E-state index >= 15 is 0 Å². The Morgan fingerprint density at radius 1 is 1.06 bits per heavy atom. The molecule has 0 radical (unpaired) electrons. The zero-order valence-electron chi connectivity index (χ0n) is 12.0. The Labute approximate surface area is 110 Å². The summed E-state index contributed by atoms with van der Waals surface area (Å²) in [6.45, 7) is 10.5. The molecule has 0 aliphatic heterocycles. The maximum atomic E-state index is 5.52. The van der Waals surface area contributed by atoms with Crippen molar-refractivity contribution < 1.29 is 9.47 Å². The lowest BCUT2D eigenvalue weighted by Crippen LogP contribution is -2.21. The van der Waals surface area contributed by atoms with Crippen molar-refractivity contribution in [3.05, 3.63) is 29.3 Å². The van der Waals surface area contributed by atoms with Crippen molar-refractivity contribution in [1.29, 1.82) is 0 Å². The van der Waals surface area contributed by atoms with E-state index in [4.69, 9.17) is 9.47 Å². The van der Waals surface area contributed by atoms with Crippen LogP contribution in [0.25, 0.3) is 0 Å². The van der Waals surface area contributed by atoms with Gasteiger partial charge in [0.1, 0.15) is 0 Å². The lowest BCUT2D eigenvalue weighted by molar-refractivity contribution is -0.137. The lowest BCUT2D eigenvalue weighted by atomic mass is 10.1.